The minimum Gasteiger partial charge on any atom is -0.340 e. The Kier molecular flexibility index (Phi) is 4.67. The molecule has 0 radical (unpaired) electrons. The molecule has 3 aromatic rings. The summed E-state index contributed by atoms with van der Waals surface area (Å²) in [5, 5.41) is 6.42. The number of piperazine rings is 1. The van der Waals surface area contributed by atoms with Crippen molar-refractivity contribution in [3.63, 3.8) is 0 Å². The molecule has 0 unspecified atom stereocenters. The number of nitrogens with zero attached hydrogens (tertiary/aromatic N) is 4. The Morgan fingerprint density at radius 1 is 1.08 bits per heavy atom. The van der Waals surface area contributed by atoms with Crippen LogP contribution >= 0.6 is 0 Å². The highest BCUT2D eigenvalue weighted by Gasteiger charge is 2.21. The third-order valence-electron chi connectivity index (χ3n) is 4.88. The number of rotatable bonds is 4. The van der Waals surface area contributed by atoms with Gasteiger partial charge in [-0.25, -0.2) is 0 Å². The molecule has 0 N–H and O–H groups in total. The molecule has 6 nitrogen and oxygen atoms in total. The van der Waals surface area contributed by atoms with E-state index in [0.29, 0.717) is 24.7 Å². The largest absolute Gasteiger partial charge is 0.340 e. The Hall–Kier alpha value is -2.73. The highest BCUT2D eigenvalue weighted by atomic mass is 16.5. The molecule has 26 heavy (non-hydrogen) atoms. The molecule has 1 aliphatic heterocycles. The summed E-state index contributed by atoms with van der Waals surface area (Å²) in [4.78, 5) is 20.5. The fraction of sp³-hybridized carbons (Fsp3) is 0.350. The van der Waals surface area contributed by atoms with Gasteiger partial charge in [0.25, 0.3) is 5.89 Å². The van der Waals surface area contributed by atoms with Crippen LogP contribution in [0, 0.1) is 0 Å². The van der Waals surface area contributed by atoms with E-state index in [-0.39, 0.29) is 5.91 Å². The summed E-state index contributed by atoms with van der Waals surface area (Å²) in [7, 11) is 0. The molecule has 1 amide bonds. The van der Waals surface area contributed by atoms with Gasteiger partial charge in [0.2, 0.25) is 5.91 Å². The van der Waals surface area contributed by atoms with Crippen LogP contribution in [0.15, 0.2) is 47.0 Å². The van der Waals surface area contributed by atoms with Crippen molar-refractivity contribution >= 4 is 16.7 Å². The maximum atomic E-state index is 11.8. The second kappa shape index (κ2) is 7.25. The number of aromatic nitrogens is 2. The molecule has 134 valence electrons. The van der Waals surface area contributed by atoms with Crippen LogP contribution in [0.1, 0.15) is 19.2 Å². The number of hydrogen-bond acceptors (Lipinski definition) is 5. The van der Waals surface area contributed by atoms with Gasteiger partial charge in [-0.1, -0.05) is 48.5 Å². The van der Waals surface area contributed by atoms with Gasteiger partial charge in [0.15, 0.2) is 5.82 Å². The van der Waals surface area contributed by atoms with Gasteiger partial charge >= 0.3 is 0 Å². The Bertz CT molecular complexity index is 908. The van der Waals surface area contributed by atoms with E-state index in [1.165, 1.54) is 0 Å². The van der Waals surface area contributed by atoms with Gasteiger partial charge in [-0.2, -0.15) is 4.98 Å². The van der Waals surface area contributed by atoms with Gasteiger partial charge in [-0.3, -0.25) is 9.69 Å². The third-order valence-corrected chi connectivity index (χ3v) is 4.88. The molecule has 0 aliphatic carbocycles. The smallest absolute Gasteiger partial charge is 0.258 e. The number of fused-ring (bicyclic) bond motifs is 1. The zero-order chi connectivity index (χ0) is 17.9. The Balaban J connectivity index is 1.46. The van der Waals surface area contributed by atoms with Crippen molar-refractivity contribution < 1.29 is 9.32 Å². The molecule has 2 heterocycles. The fourth-order valence-corrected chi connectivity index (χ4v) is 3.42. The number of carbonyl (C=O) groups excluding carboxylic acids is 1. The van der Waals surface area contributed by atoms with Crippen molar-refractivity contribution in [3.05, 3.63) is 48.3 Å². The lowest BCUT2D eigenvalue weighted by Gasteiger charge is -2.33. The summed E-state index contributed by atoms with van der Waals surface area (Å²) in [6.07, 6.45) is 0.569. The Morgan fingerprint density at radius 2 is 1.85 bits per heavy atom. The lowest BCUT2D eigenvalue weighted by molar-refractivity contribution is -0.132. The van der Waals surface area contributed by atoms with Crippen molar-refractivity contribution in [1.29, 1.82) is 0 Å². The van der Waals surface area contributed by atoms with Crippen LogP contribution in [-0.2, 0) is 11.3 Å². The van der Waals surface area contributed by atoms with E-state index in [0.717, 1.165) is 42.5 Å². The van der Waals surface area contributed by atoms with Crippen LogP contribution in [0.2, 0.25) is 0 Å². The summed E-state index contributed by atoms with van der Waals surface area (Å²) in [6, 6.07) is 14.3. The first-order chi connectivity index (χ1) is 12.7. The fourth-order valence-electron chi connectivity index (χ4n) is 3.42. The SMILES string of the molecule is CCC(=O)N1CCN(Cc2noc(-c3cccc4ccccc34)n2)CC1. The second-order valence-electron chi connectivity index (χ2n) is 6.55. The van der Waals surface area contributed by atoms with Gasteiger partial charge in [-0.05, 0) is 16.8 Å². The lowest BCUT2D eigenvalue weighted by Crippen LogP contribution is -2.48. The van der Waals surface area contributed by atoms with Crippen LogP contribution in [0.25, 0.3) is 22.2 Å². The number of amides is 1. The van der Waals surface area contributed by atoms with Crippen molar-refractivity contribution in [1.82, 2.24) is 19.9 Å². The topological polar surface area (TPSA) is 62.5 Å². The Labute approximate surface area is 152 Å². The molecule has 4 rings (SSSR count). The predicted octanol–water partition coefficient (Wildman–Crippen LogP) is 2.94. The minimum absolute atomic E-state index is 0.224. The number of carbonyl (C=O) groups is 1. The first-order valence-electron chi connectivity index (χ1n) is 9.05. The maximum Gasteiger partial charge on any atom is 0.258 e. The zero-order valence-corrected chi connectivity index (χ0v) is 14.9. The Morgan fingerprint density at radius 3 is 2.65 bits per heavy atom. The first kappa shape index (κ1) is 16.7. The summed E-state index contributed by atoms with van der Waals surface area (Å²) >= 11 is 0. The molecular weight excluding hydrogens is 328 g/mol. The van der Waals surface area contributed by atoms with Gasteiger partial charge in [0, 0.05) is 38.2 Å². The molecule has 1 aliphatic rings. The van der Waals surface area contributed by atoms with Crippen LogP contribution in [0.5, 0.6) is 0 Å². The van der Waals surface area contributed by atoms with Crippen LogP contribution in [0.4, 0.5) is 0 Å². The molecule has 1 saturated heterocycles. The molecule has 1 aromatic heterocycles. The molecule has 0 bridgehead atoms. The van der Waals surface area contributed by atoms with Crippen molar-refractivity contribution in [3.8, 4) is 11.5 Å². The average Bonchev–Trinajstić information content (AvgIpc) is 3.15. The van der Waals surface area contributed by atoms with Crippen LogP contribution in [-0.4, -0.2) is 52.0 Å². The number of hydrogen-bond donors (Lipinski definition) is 0. The van der Waals surface area contributed by atoms with E-state index in [1.54, 1.807) is 0 Å². The van der Waals surface area contributed by atoms with Crippen LogP contribution in [0.3, 0.4) is 0 Å². The third kappa shape index (κ3) is 3.32. The van der Waals surface area contributed by atoms with E-state index in [4.69, 9.17) is 4.52 Å². The minimum atomic E-state index is 0.224. The summed E-state index contributed by atoms with van der Waals surface area (Å²) in [6.45, 7) is 5.75. The molecule has 2 aromatic carbocycles. The molecule has 0 spiro atoms. The van der Waals surface area contributed by atoms with Gasteiger partial charge < -0.3 is 9.42 Å². The highest BCUT2D eigenvalue weighted by Crippen LogP contribution is 2.27. The van der Waals surface area contributed by atoms with Crippen molar-refractivity contribution in [2.24, 2.45) is 0 Å². The van der Waals surface area contributed by atoms with E-state index < -0.39 is 0 Å². The van der Waals surface area contributed by atoms with Gasteiger partial charge in [0.1, 0.15) is 0 Å². The summed E-state index contributed by atoms with van der Waals surface area (Å²) in [5.74, 6) is 1.46. The second-order valence-corrected chi connectivity index (χ2v) is 6.55. The van der Waals surface area contributed by atoms with Gasteiger partial charge in [0.05, 0.1) is 6.54 Å². The number of benzene rings is 2. The first-order valence-corrected chi connectivity index (χ1v) is 9.05. The van der Waals surface area contributed by atoms with E-state index in [9.17, 15) is 4.79 Å². The standard InChI is InChI=1S/C20H22N4O2/c1-2-19(25)24-12-10-23(11-13-24)14-18-21-20(26-22-18)17-9-5-7-15-6-3-4-8-16(15)17/h3-9H,2,10-14H2,1H3. The maximum absolute atomic E-state index is 11.8. The highest BCUT2D eigenvalue weighted by molar-refractivity contribution is 5.94. The summed E-state index contributed by atoms with van der Waals surface area (Å²) < 4.78 is 5.52. The zero-order valence-electron chi connectivity index (χ0n) is 14.9. The molecule has 1 fully saturated rings. The molecule has 0 saturated carbocycles. The van der Waals surface area contributed by atoms with Gasteiger partial charge in [-0.15, -0.1) is 0 Å². The van der Waals surface area contributed by atoms with E-state index in [2.05, 4.69) is 33.2 Å². The van der Waals surface area contributed by atoms with Crippen molar-refractivity contribution in [2.45, 2.75) is 19.9 Å². The van der Waals surface area contributed by atoms with E-state index in [1.807, 2.05) is 36.1 Å². The predicted molar refractivity (Wildman–Crippen MR) is 99.4 cm³/mol. The lowest BCUT2D eigenvalue weighted by atomic mass is 10.0. The molecule has 6 heteroatoms. The monoisotopic (exact) mass is 350 g/mol. The van der Waals surface area contributed by atoms with Crippen LogP contribution < -0.4 is 0 Å². The normalized spacial score (nSPS) is 15.5. The average molecular weight is 350 g/mol. The quantitative estimate of drug-likeness (QED) is 0.724. The molecule has 0 atom stereocenters. The van der Waals surface area contributed by atoms with Crippen molar-refractivity contribution in [2.75, 3.05) is 26.2 Å². The van der Waals surface area contributed by atoms with E-state index >= 15 is 0 Å². The molecular formula is C20H22N4O2. The summed E-state index contributed by atoms with van der Waals surface area (Å²) in [5.41, 5.74) is 0.959.